The highest BCUT2D eigenvalue weighted by atomic mass is 35.5. The van der Waals surface area contributed by atoms with Crippen molar-refractivity contribution in [3.63, 3.8) is 0 Å². The molecular weight excluding hydrogens is 237 g/mol. The minimum absolute atomic E-state index is 0. The van der Waals surface area contributed by atoms with Crippen LogP contribution in [-0.2, 0) is 0 Å². The summed E-state index contributed by atoms with van der Waals surface area (Å²) in [7, 11) is 2.80. The molecule has 4 nitrogen and oxygen atoms in total. The number of phenols is 1. The van der Waals surface area contributed by atoms with Crippen LogP contribution in [0.25, 0.3) is 0 Å². The molecule has 0 unspecified atom stereocenters. The molecule has 1 aromatic rings. The number of halogens is 2. The molecule has 0 fully saturated rings. The van der Waals surface area contributed by atoms with Crippen molar-refractivity contribution >= 4 is 12.4 Å². The second-order valence-electron chi connectivity index (χ2n) is 3.03. The van der Waals surface area contributed by atoms with Crippen LogP contribution in [0.15, 0.2) is 12.1 Å². The van der Waals surface area contributed by atoms with E-state index in [-0.39, 0.29) is 29.7 Å². The van der Waals surface area contributed by atoms with Crippen molar-refractivity contribution in [1.29, 1.82) is 0 Å². The van der Waals surface area contributed by atoms with Crippen LogP contribution in [0.5, 0.6) is 17.2 Å². The Balaban J connectivity index is 0.00000225. The average Bonchev–Trinajstić information content (AvgIpc) is 2.28. The van der Waals surface area contributed by atoms with Gasteiger partial charge in [0.15, 0.2) is 11.5 Å². The summed E-state index contributed by atoms with van der Waals surface area (Å²) in [5.74, 6) is 0.316. The molecule has 1 aromatic carbocycles. The molecule has 16 heavy (non-hydrogen) atoms. The summed E-state index contributed by atoms with van der Waals surface area (Å²) >= 11 is 0. The highest BCUT2D eigenvalue weighted by Crippen LogP contribution is 2.38. The van der Waals surface area contributed by atoms with E-state index in [0.29, 0.717) is 5.56 Å². The van der Waals surface area contributed by atoms with Crippen LogP contribution in [0.1, 0.15) is 11.6 Å². The van der Waals surface area contributed by atoms with E-state index < -0.39 is 12.7 Å². The maximum absolute atomic E-state index is 12.4. The zero-order valence-electron chi connectivity index (χ0n) is 9.07. The molecule has 0 saturated heterocycles. The molecule has 0 saturated carbocycles. The van der Waals surface area contributed by atoms with Crippen molar-refractivity contribution in [2.45, 2.75) is 6.04 Å². The van der Waals surface area contributed by atoms with Gasteiger partial charge in [0.25, 0.3) is 0 Å². The first kappa shape index (κ1) is 14.8. The Labute approximate surface area is 99.6 Å². The van der Waals surface area contributed by atoms with Gasteiger partial charge in [-0.15, -0.1) is 12.4 Å². The number of ether oxygens (including phenoxy) is 2. The number of benzene rings is 1. The molecule has 0 radical (unpaired) electrons. The minimum Gasteiger partial charge on any atom is -0.502 e. The Morgan fingerprint density at radius 3 is 2.06 bits per heavy atom. The van der Waals surface area contributed by atoms with Crippen LogP contribution in [0.3, 0.4) is 0 Å². The third kappa shape index (κ3) is 2.90. The normalized spacial score (nSPS) is 11.5. The molecule has 92 valence electrons. The first-order chi connectivity index (χ1) is 7.13. The van der Waals surface area contributed by atoms with Crippen molar-refractivity contribution in [2.75, 3.05) is 20.9 Å². The molecule has 0 amide bonds. The maximum atomic E-state index is 12.4. The summed E-state index contributed by atoms with van der Waals surface area (Å²) < 4.78 is 22.2. The van der Waals surface area contributed by atoms with Crippen molar-refractivity contribution in [1.82, 2.24) is 0 Å². The number of methoxy groups -OCH3 is 2. The van der Waals surface area contributed by atoms with Gasteiger partial charge in [0.1, 0.15) is 6.67 Å². The molecule has 0 heterocycles. The van der Waals surface area contributed by atoms with Gasteiger partial charge < -0.3 is 20.3 Å². The van der Waals surface area contributed by atoms with E-state index in [2.05, 4.69) is 0 Å². The largest absolute Gasteiger partial charge is 0.502 e. The maximum Gasteiger partial charge on any atom is 0.200 e. The second kappa shape index (κ2) is 6.40. The molecular formula is C10H15ClFNO3. The van der Waals surface area contributed by atoms with Crippen LogP contribution in [0, 0.1) is 0 Å². The Morgan fingerprint density at radius 2 is 1.75 bits per heavy atom. The number of nitrogens with two attached hydrogens (primary N) is 1. The minimum atomic E-state index is -0.742. The number of phenolic OH excluding ortho intramolecular Hbond substituents is 1. The lowest BCUT2D eigenvalue weighted by Crippen LogP contribution is -2.12. The van der Waals surface area contributed by atoms with Gasteiger partial charge in [-0.1, -0.05) is 0 Å². The van der Waals surface area contributed by atoms with Gasteiger partial charge in [-0.25, -0.2) is 4.39 Å². The van der Waals surface area contributed by atoms with E-state index in [9.17, 15) is 9.50 Å². The average molecular weight is 252 g/mol. The quantitative estimate of drug-likeness (QED) is 0.857. The summed E-state index contributed by atoms with van der Waals surface area (Å²) in [4.78, 5) is 0. The van der Waals surface area contributed by atoms with Crippen molar-refractivity contribution in [3.8, 4) is 17.2 Å². The van der Waals surface area contributed by atoms with Crippen LogP contribution < -0.4 is 15.2 Å². The first-order valence-electron chi connectivity index (χ1n) is 4.40. The Morgan fingerprint density at radius 1 is 1.31 bits per heavy atom. The second-order valence-corrected chi connectivity index (χ2v) is 3.03. The van der Waals surface area contributed by atoms with Crippen molar-refractivity contribution < 1.29 is 19.0 Å². The van der Waals surface area contributed by atoms with E-state index >= 15 is 0 Å². The molecule has 0 aliphatic rings. The first-order valence-corrected chi connectivity index (χ1v) is 4.40. The van der Waals surface area contributed by atoms with Gasteiger partial charge in [-0.3, -0.25) is 0 Å². The summed E-state index contributed by atoms with van der Waals surface area (Å²) in [6, 6.07) is 2.23. The van der Waals surface area contributed by atoms with Crippen molar-refractivity contribution in [3.05, 3.63) is 17.7 Å². The SMILES string of the molecule is COc1cc([C@H](N)CF)cc(OC)c1O.Cl. The molecule has 1 rings (SSSR count). The highest BCUT2D eigenvalue weighted by molar-refractivity contribution is 5.85. The monoisotopic (exact) mass is 251 g/mol. The van der Waals surface area contributed by atoms with E-state index in [1.54, 1.807) is 0 Å². The number of alkyl halides is 1. The van der Waals surface area contributed by atoms with Gasteiger partial charge in [-0.2, -0.15) is 0 Å². The third-order valence-corrected chi connectivity index (χ3v) is 2.10. The van der Waals surface area contributed by atoms with Crippen LogP contribution >= 0.6 is 12.4 Å². The van der Waals surface area contributed by atoms with E-state index in [0.717, 1.165) is 0 Å². The molecule has 0 aliphatic heterocycles. The predicted octanol–water partition coefficient (Wildman–Crippen LogP) is 1.80. The number of hydrogen-bond acceptors (Lipinski definition) is 4. The smallest absolute Gasteiger partial charge is 0.200 e. The molecule has 1 atom stereocenters. The molecule has 0 spiro atoms. The number of aromatic hydroxyl groups is 1. The predicted molar refractivity (Wildman–Crippen MR) is 61.4 cm³/mol. The van der Waals surface area contributed by atoms with Crippen LogP contribution in [0.4, 0.5) is 4.39 Å². The van der Waals surface area contributed by atoms with Gasteiger partial charge in [0.2, 0.25) is 5.75 Å². The van der Waals surface area contributed by atoms with E-state index in [4.69, 9.17) is 15.2 Å². The molecule has 0 bridgehead atoms. The van der Waals surface area contributed by atoms with Crippen LogP contribution in [-0.4, -0.2) is 26.0 Å². The Kier molecular flexibility index (Phi) is 5.92. The zero-order chi connectivity index (χ0) is 11.4. The lowest BCUT2D eigenvalue weighted by atomic mass is 10.1. The van der Waals surface area contributed by atoms with Gasteiger partial charge in [-0.05, 0) is 17.7 Å². The van der Waals surface area contributed by atoms with Gasteiger partial charge in [0.05, 0.1) is 20.3 Å². The number of hydrogen-bond donors (Lipinski definition) is 2. The van der Waals surface area contributed by atoms with E-state index in [1.807, 2.05) is 0 Å². The zero-order valence-corrected chi connectivity index (χ0v) is 9.88. The summed E-state index contributed by atoms with van der Waals surface area (Å²) in [6.07, 6.45) is 0. The molecule has 0 aliphatic carbocycles. The fourth-order valence-corrected chi connectivity index (χ4v) is 1.22. The summed E-state index contributed by atoms with van der Waals surface area (Å²) in [5.41, 5.74) is 6.04. The van der Waals surface area contributed by atoms with Crippen LogP contribution in [0.2, 0.25) is 0 Å². The molecule has 6 heteroatoms. The number of rotatable bonds is 4. The fraction of sp³-hybridized carbons (Fsp3) is 0.400. The lowest BCUT2D eigenvalue weighted by molar-refractivity contribution is 0.337. The fourth-order valence-electron chi connectivity index (χ4n) is 1.22. The topological polar surface area (TPSA) is 64.7 Å². The Hall–Kier alpha value is -1.20. The standard InChI is InChI=1S/C10H14FNO3.ClH/c1-14-8-3-6(7(12)5-11)4-9(15-2)10(8)13;/h3-4,7,13H,5,12H2,1-2H3;1H/t7-;/m1./s1. The van der Waals surface area contributed by atoms with Crippen molar-refractivity contribution in [2.24, 2.45) is 5.73 Å². The lowest BCUT2D eigenvalue weighted by Gasteiger charge is -2.13. The Bertz CT molecular complexity index is 324. The summed E-state index contributed by atoms with van der Waals surface area (Å²) in [6.45, 7) is -0.683. The van der Waals surface area contributed by atoms with Gasteiger partial charge in [0, 0.05) is 0 Å². The third-order valence-electron chi connectivity index (χ3n) is 2.10. The molecule has 0 aromatic heterocycles. The van der Waals surface area contributed by atoms with Gasteiger partial charge >= 0.3 is 0 Å². The highest BCUT2D eigenvalue weighted by Gasteiger charge is 2.14. The van der Waals surface area contributed by atoms with E-state index in [1.165, 1.54) is 26.4 Å². The summed E-state index contributed by atoms with van der Waals surface area (Å²) in [5, 5.41) is 9.58. The molecule has 3 N–H and O–H groups in total.